The first-order valence-corrected chi connectivity index (χ1v) is 6.29. The Bertz CT molecular complexity index is 81.0. The molecule has 0 N–H and O–H groups in total. The van der Waals surface area contributed by atoms with Gasteiger partial charge in [0.1, 0.15) is 0 Å². The fourth-order valence-corrected chi connectivity index (χ4v) is 2.90. The van der Waals surface area contributed by atoms with Crippen molar-refractivity contribution in [3.8, 4) is 0 Å². The van der Waals surface area contributed by atoms with E-state index in [0.29, 0.717) is 5.54 Å². The van der Waals surface area contributed by atoms with Crippen molar-refractivity contribution in [3.63, 3.8) is 0 Å². The van der Waals surface area contributed by atoms with Gasteiger partial charge < -0.3 is 0 Å². The van der Waals surface area contributed by atoms with Crippen molar-refractivity contribution in [2.24, 2.45) is 0 Å². The van der Waals surface area contributed by atoms with E-state index in [4.69, 9.17) is 0 Å². The fourth-order valence-electron chi connectivity index (χ4n) is 1.10. The van der Waals surface area contributed by atoms with Crippen LogP contribution in [-0.2, 0) is 4.80 Å². The van der Waals surface area contributed by atoms with E-state index in [0.717, 1.165) is 0 Å². The molecule has 0 bridgehead atoms. The molecule has 0 atom stereocenters. The minimum Gasteiger partial charge on any atom is -0.298 e. The first-order chi connectivity index (χ1) is 3.61. The van der Waals surface area contributed by atoms with Gasteiger partial charge in [-0.2, -0.15) is 0 Å². The first kappa shape index (κ1) is 6.30. The summed E-state index contributed by atoms with van der Waals surface area (Å²) in [6.07, 6.45) is 3.76. The third kappa shape index (κ3) is 1.12. The van der Waals surface area contributed by atoms with Gasteiger partial charge >= 0.3 is 0 Å². The van der Waals surface area contributed by atoms with Crippen molar-refractivity contribution < 1.29 is 4.80 Å². The maximum absolute atomic E-state index is 11.2. The van der Waals surface area contributed by atoms with Crippen LogP contribution in [0.2, 0.25) is 18.6 Å². The molecule has 1 aliphatic rings. The molecular weight excluding hydrogens is 116 g/mol. The van der Waals surface area contributed by atoms with Gasteiger partial charge in [0.2, 0.25) is 8.32 Å². The van der Waals surface area contributed by atoms with Crippen LogP contribution in [0.4, 0.5) is 0 Å². The second-order valence-corrected chi connectivity index (χ2v) is 7.25. The summed E-state index contributed by atoms with van der Waals surface area (Å²) in [5, 5.41) is 0. The zero-order chi connectivity index (χ0) is 6.20. The Morgan fingerprint density at radius 1 is 1.38 bits per heavy atom. The molecule has 1 fully saturated rings. The number of rotatable bonds is 1. The maximum atomic E-state index is 11.2. The lowest BCUT2D eigenvalue weighted by Gasteiger charge is -2.32. The van der Waals surface area contributed by atoms with E-state index in [1.165, 1.54) is 19.3 Å². The minimum absolute atomic E-state index is 0.613. The minimum atomic E-state index is -1.92. The highest BCUT2D eigenvalue weighted by molar-refractivity contribution is 6.71. The van der Waals surface area contributed by atoms with E-state index in [9.17, 15) is 4.80 Å². The molecule has 47 valence electrons. The number of hydrogen-bond donors (Lipinski definition) is 0. The van der Waals surface area contributed by atoms with Crippen molar-refractivity contribution in [1.82, 2.24) is 0 Å². The lowest BCUT2D eigenvalue weighted by atomic mass is 10.00. The van der Waals surface area contributed by atoms with Crippen LogP contribution in [0.1, 0.15) is 19.3 Å². The van der Waals surface area contributed by atoms with Crippen LogP contribution in [0, 0.1) is 0 Å². The van der Waals surface area contributed by atoms with Gasteiger partial charge in [-0.1, -0.05) is 19.3 Å². The van der Waals surface area contributed by atoms with E-state index in [1.54, 1.807) is 0 Å². The molecule has 1 radical (unpaired) electrons. The molecule has 2 heteroatoms. The topological polar surface area (TPSA) is 19.9 Å². The lowest BCUT2D eigenvalue weighted by molar-refractivity contribution is 0.361. The average Bonchev–Trinajstić information content (AvgIpc) is 1.16. The monoisotopic (exact) mass is 129 g/mol. The third-order valence-corrected chi connectivity index (χ3v) is 4.63. The van der Waals surface area contributed by atoms with Crippen molar-refractivity contribution in [2.75, 3.05) is 0 Å². The second kappa shape index (κ2) is 1.85. The molecule has 0 amide bonds. The highest BCUT2D eigenvalue weighted by atomic mass is 28.4. The Kier molecular flexibility index (Phi) is 1.45. The predicted molar refractivity (Wildman–Crippen MR) is 35.8 cm³/mol. The van der Waals surface area contributed by atoms with Crippen LogP contribution >= 0.6 is 0 Å². The van der Waals surface area contributed by atoms with E-state index in [2.05, 4.69) is 0 Å². The molecule has 0 aliphatic heterocycles. The Morgan fingerprint density at radius 2 is 1.88 bits per heavy atom. The molecule has 0 aromatic heterocycles. The average molecular weight is 129 g/mol. The highest BCUT2D eigenvalue weighted by Crippen LogP contribution is 2.39. The molecule has 0 aromatic carbocycles. The van der Waals surface area contributed by atoms with Crippen molar-refractivity contribution >= 4 is 8.32 Å². The molecule has 1 nitrogen and oxygen atoms in total. The molecule has 0 saturated heterocycles. The molecule has 1 aliphatic carbocycles. The summed E-state index contributed by atoms with van der Waals surface area (Å²) in [5.74, 6) is 0. The zero-order valence-corrected chi connectivity index (χ0v) is 6.61. The van der Waals surface area contributed by atoms with Gasteiger partial charge in [0, 0.05) is 0 Å². The quantitative estimate of drug-likeness (QED) is 0.484. The van der Waals surface area contributed by atoms with Crippen molar-refractivity contribution in [2.45, 2.75) is 37.9 Å². The zero-order valence-electron chi connectivity index (χ0n) is 5.61. The maximum Gasteiger partial charge on any atom is 0.234 e. The standard InChI is InChI=1S/C6H13OSi/c1-8(2,7)6-4-3-5-6/h6H,3-5H2,1-2H3. The van der Waals surface area contributed by atoms with E-state index >= 15 is 0 Å². The summed E-state index contributed by atoms with van der Waals surface area (Å²) >= 11 is 0. The van der Waals surface area contributed by atoms with Gasteiger partial charge in [0.15, 0.2) is 0 Å². The SMILES string of the molecule is C[Si](C)([O])C1CCC1. The summed E-state index contributed by atoms with van der Waals surface area (Å²) in [7, 11) is -1.92. The van der Waals surface area contributed by atoms with Gasteiger partial charge in [0.05, 0.1) is 0 Å². The smallest absolute Gasteiger partial charge is 0.234 e. The first-order valence-electron chi connectivity index (χ1n) is 3.31. The lowest BCUT2D eigenvalue weighted by Crippen LogP contribution is -2.34. The molecule has 0 aromatic rings. The van der Waals surface area contributed by atoms with Crippen LogP contribution in [0.15, 0.2) is 0 Å². The second-order valence-electron chi connectivity index (χ2n) is 3.23. The summed E-state index contributed by atoms with van der Waals surface area (Å²) in [4.78, 5) is 11.2. The number of hydrogen-bond acceptors (Lipinski definition) is 0. The Hall–Kier alpha value is 0.177. The Morgan fingerprint density at radius 3 is 1.88 bits per heavy atom. The summed E-state index contributed by atoms with van der Waals surface area (Å²) in [6, 6.07) is 0. The van der Waals surface area contributed by atoms with E-state index in [1.807, 2.05) is 13.1 Å². The van der Waals surface area contributed by atoms with Crippen LogP contribution in [-0.4, -0.2) is 8.32 Å². The van der Waals surface area contributed by atoms with Gasteiger partial charge in [-0.15, -0.1) is 0 Å². The van der Waals surface area contributed by atoms with E-state index in [-0.39, 0.29) is 0 Å². The fraction of sp³-hybridized carbons (Fsp3) is 1.00. The summed E-state index contributed by atoms with van der Waals surface area (Å²) in [5.41, 5.74) is 0.613. The highest BCUT2D eigenvalue weighted by Gasteiger charge is 2.36. The largest absolute Gasteiger partial charge is 0.298 e. The van der Waals surface area contributed by atoms with Gasteiger partial charge in [-0.05, 0) is 18.6 Å². The molecule has 1 saturated carbocycles. The summed E-state index contributed by atoms with van der Waals surface area (Å²) in [6.45, 7) is 3.85. The molecule has 0 unspecified atom stereocenters. The Balaban J connectivity index is 2.34. The summed E-state index contributed by atoms with van der Waals surface area (Å²) < 4.78 is 0. The molecule has 1 rings (SSSR count). The molecule has 0 heterocycles. The predicted octanol–water partition coefficient (Wildman–Crippen LogP) is 2.18. The molecule has 8 heavy (non-hydrogen) atoms. The van der Waals surface area contributed by atoms with E-state index < -0.39 is 8.32 Å². The van der Waals surface area contributed by atoms with Crippen molar-refractivity contribution in [1.29, 1.82) is 0 Å². The van der Waals surface area contributed by atoms with Crippen LogP contribution in [0.5, 0.6) is 0 Å². The van der Waals surface area contributed by atoms with Crippen molar-refractivity contribution in [3.05, 3.63) is 0 Å². The van der Waals surface area contributed by atoms with Crippen LogP contribution in [0.25, 0.3) is 0 Å². The molecule has 0 spiro atoms. The Labute approximate surface area is 51.9 Å². The normalized spacial score (nSPS) is 22.9. The van der Waals surface area contributed by atoms with Gasteiger partial charge in [0.25, 0.3) is 0 Å². The third-order valence-electron chi connectivity index (χ3n) is 2.09. The van der Waals surface area contributed by atoms with Crippen LogP contribution in [0.3, 0.4) is 0 Å². The molecular formula is C6H13OSi. The van der Waals surface area contributed by atoms with Gasteiger partial charge in [-0.3, -0.25) is 4.80 Å². The van der Waals surface area contributed by atoms with Crippen LogP contribution < -0.4 is 0 Å². The van der Waals surface area contributed by atoms with Gasteiger partial charge in [-0.25, -0.2) is 0 Å².